The molecule has 0 amide bonds. The van der Waals surface area contributed by atoms with Crippen LogP contribution in [-0.4, -0.2) is 25.2 Å². The molecule has 0 aromatic heterocycles. The monoisotopic (exact) mass is 213 g/mol. The molecule has 0 bridgehead atoms. The predicted molar refractivity (Wildman–Crippen MR) is 60.7 cm³/mol. The third-order valence-corrected chi connectivity index (χ3v) is 2.93. The Kier molecular flexibility index (Phi) is 5.09. The maximum Gasteiger partial charge on any atom is 0.323 e. The summed E-state index contributed by atoms with van der Waals surface area (Å²) in [4.78, 5) is 11.8. The number of likely N-dealkylation sites (N-methyl/N-ethyl adjacent to an activating group) is 1. The molecule has 3 nitrogen and oxygen atoms in total. The van der Waals surface area contributed by atoms with Crippen LogP contribution in [0.1, 0.15) is 46.0 Å². The van der Waals surface area contributed by atoms with Crippen LogP contribution in [0.5, 0.6) is 0 Å². The highest BCUT2D eigenvalue weighted by Gasteiger charge is 2.24. The molecule has 0 heterocycles. The summed E-state index contributed by atoms with van der Waals surface area (Å²) < 4.78 is 5.46. The topological polar surface area (TPSA) is 38.3 Å². The van der Waals surface area contributed by atoms with Crippen molar-refractivity contribution in [1.82, 2.24) is 5.32 Å². The first-order chi connectivity index (χ1) is 7.13. The lowest BCUT2D eigenvalue weighted by molar-refractivity contribution is -0.151. The number of carbonyl (C=O) groups excluding carboxylic acids is 1. The van der Waals surface area contributed by atoms with Crippen LogP contribution < -0.4 is 5.32 Å². The molecule has 1 aliphatic rings. The van der Waals surface area contributed by atoms with Gasteiger partial charge < -0.3 is 10.1 Å². The van der Waals surface area contributed by atoms with E-state index in [4.69, 9.17) is 4.74 Å². The summed E-state index contributed by atoms with van der Waals surface area (Å²) >= 11 is 0. The number of hydrogen-bond donors (Lipinski definition) is 1. The number of esters is 1. The Hall–Kier alpha value is -0.570. The molecule has 1 N–H and O–H groups in total. The molecule has 0 unspecified atom stereocenters. The molecule has 0 aliphatic heterocycles. The van der Waals surface area contributed by atoms with Crippen LogP contribution in [0, 0.1) is 5.92 Å². The molecule has 1 saturated carbocycles. The molecular weight excluding hydrogens is 190 g/mol. The molecular formula is C12H23NO2. The van der Waals surface area contributed by atoms with Crippen molar-refractivity contribution in [3.05, 3.63) is 0 Å². The largest absolute Gasteiger partial charge is 0.461 e. The first-order valence-electron chi connectivity index (χ1n) is 6.01. The van der Waals surface area contributed by atoms with E-state index in [2.05, 4.69) is 19.2 Å². The van der Waals surface area contributed by atoms with Crippen molar-refractivity contribution in [2.45, 2.75) is 58.1 Å². The van der Waals surface area contributed by atoms with Crippen molar-refractivity contribution in [3.8, 4) is 0 Å². The summed E-state index contributed by atoms with van der Waals surface area (Å²) in [5.41, 5.74) is 0. The van der Waals surface area contributed by atoms with E-state index in [1.165, 1.54) is 12.8 Å². The number of ether oxygens (including phenoxy) is 1. The molecule has 15 heavy (non-hydrogen) atoms. The fraction of sp³-hybridized carbons (Fsp3) is 0.917. The number of nitrogens with one attached hydrogen (secondary N) is 1. The predicted octanol–water partition coefficient (Wildman–Crippen LogP) is 2.11. The molecule has 0 saturated heterocycles. The molecule has 0 aromatic rings. The summed E-state index contributed by atoms with van der Waals surface area (Å²) in [5, 5.41) is 3.03. The smallest absolute Gasteiger partial charge is 0.323 e. The van der Waals surface area contributed by atoms with Gasteiger partial charge in [-0.25, -0.2) is 0 Å². The van der Waals surface area contributed by atoms with Gasteiger partial charge >= 0.3 is 5.97 Å². The van der Waals surface area contributed by atoms with E-state index in [1.54, 1.807) is 0 Å². The second-order valence-corrected chi connectivity index (χ2v) is 4.81. The van der Waals surface area contributed by atoms with Crippen LogP contribution >= 0.6 is 0 Å². The maximum atomic E-state index is 11.8. The van der Waals surface area contributed by atoms with E-state index in [9.17, 15) is 4.79 Å². The number of rotatable bonds is 5. The van der Waals surface area contributed by atoms with Gasteiger partial charge in [-0.15, -0.1) is 0 Å². The highest BCUT2D eigenvalue weighted by molar-refractivity contribution is 5.75. The Morgan fingerprint density at radius 2 is 2.00 bits per heavy atom. The van der Waals surface area contributed by atoms with Gasteiger partial charge in [0.05, 0.1) is 0 Å². The lowest BCUT2D eigenvalue weighted by atomic mass is 10.0. The summed E-state index contributed by atoms with van der Waals surface area (Å²) in [6.45, 7) is 4.24. The van der Waals surface area contributed by atoms with E-state index in [0.29, 0.717) is 5.92 Å². The van der Waals surface area contributed by atoms with Crippen LogP contribution in [0.4, 0.5) is 0 Å². The Bertz CT molecular complexity index is 198. The lowest BCUT2D eigenvalue weighted by Crippen LogP contribution is -2.38. The Morgan fingerprint density at radius 1 is 1.40 bits per heavy atom. The van der Waals surface area contributed by atoms with Crippen LogP contribution in [0.25, 0.3) is 0 Å². The fourth-order valence-corrected chi connectivity index (χ4v) is 2.06. The van der Waals surface area contributed by atoms with E-state index in [-0.39, 0.29) is 18.1 Å². The van der Waals surface area contributed by atoms with Gasteiger partial charge in [-0.2, -0.15) is 0 Å². The Balaban J connectivity index is 2.34. The average molecular weight is 213 g/mol. The zero-order valence-corrected chi connectivity index (χ0v) is 10.1. The van der Waals surface area contributed by atoms with Gasteiger partial charge in [0.15, 0.2) is 0 Å². The molecule has 0 spiro atoms. The summed E-state index contributed by atoms with van der Waals surface area (Å²) in [6, 6.07) is -0.134. The molecule has 1 aliphatic carbocycles. The minimum Gasteiger partial charge on any atom is -0.461 e. The van der Waals surface area contributed by atoms with E-state index in [0.717, 1.165) is 19.3 Å². The molecule has 1 rings (SSSR count). The molecule has 1 fully saturated rings. The van der Waals surface area contributed by atoms with Crippen molar-refractivity contribution in [3.63, 3.8) is 0 Å². The average Bonchev–Trinajstić information content (AvgIpc) is 2.66. The van der Waals surface area contributed by atoms with Crippen molar-refractivity contribution in [2.24, 2.45) is 5.92 Å². The first-order valence-corrected chi connectivity index (χ1v) is 6.01. The van der Waals surface area contributed by atoms with Gasteiger partial charge in [0.1, 0.15) is 12.1 Å². The van der Waals surface area contributed by atoms with Crippen molar-refractivity contribution < 1.29 is 9.53 Å². The van der Waals surface area contributed by atoms with E-state index >= 15 is 0 Å². The maximum absolute atomic E-state index is 11.8. The summed E-state index contributed by atoms with van der Waals surface area (Å²) in [6.07, 6.45) is 5.52. The zero-order valence-electron chi connectivity index (χ0n) is 10.1. The molecule has 0 radical (unpaired) electrons. The Morgan fingerprint density at radius 3 is 2.47 bits per heavy atom. The van der Waals surface area contributed by atoms with Gasteiger partial charge in [0.25, 0.3) is 0 Å². The zero-order chi connectivity index (χ0) is 11.3. The third kappa shape index (κ3) is 4.20. The van der Waals surface area contributed by atoms with E-state index < -0.39 is 0 Å². The number of carbonyl (C=O) groups is 1. The van der Waals surface area contributed by atoms with Crippen LogP contribution in [0.15, 0.2) is 0 Å². The summed E-state index contributed by atoms with van der Waals surface area (Å²) in [7, 11) is 1.82. The van der Waals surface area contributed by atoms with Crippen LogP contribution in [0.2, 0.25) is 0 Å². The molecule has 3 heteroatoms. The normalized spacial score (nSPS) is 19.5. The third-order valence-electron chi connectivity index (χ3n) is 2.93. The van der Waals surface area contributed by atoms with Crippen molar-refractivity contribution in [1.29, 1.82) is 0 Å². The van der Waals surface area contributed by atoms with Gasteiger partial charge in [0.2, 0.25) is 0 Å². The van der Waals surface area contributed by atoms with Gasteiger partial charge in [0, 0.05) is 0 Å². The Labute approximate surface area is 92.6 Å². The lowest BCUT2D eigenvalue weighted by Gasteiger charge is -2.19. The summed E-state index contributed by atoms with van der Waals surface area (Å²) in [5.74, 6) is 0.441. The van der Waals surface area contributed by atoms with Crippen LogP contribution in [-0.2, 0) is 9.53 Å². The SMILES string of the molecule is CN[C@@H](CC(C)C)C(=O)OC1CCCC1. The highest BCUT2D eigenvalue weighted by atomic mass is 16.5. The van der Waals surface area contributed by atoms with E-state index in [1.807, 2.05) is 7.05 Å². The van der Waals surface area contributed by atoms with Gasteiger partial charge in [-0.3, -0.25) is 4.79 Å². The molecule has 88 valence electrons. The first kappa shape index (κ1) is 12.5. The quantitative estimate of drug-likeness (QED) is 0.711. The minimum absolute atomic E-state index is 0.0712. The highest BCUT2D eigenvalue weighted by Crippen LogP contribution is 2.21. The minimum atomic E-state index is -0.134. The van der Waals surface area contributed by atoms with Crippen molar-refractivity contribution >= 4 is 5.97 Å². The van der Waals surface area contributed by atoms with Crippen LogP contribution in [0.3, 0.4) is 0 Å². The molecule has 1 atom stereocenters. The number of hydrogen-bond acceptors (Lipinski definition) is 3. The molecule has 0 aromatic carbocycles. The standard InChI is InChI=1S/C12H23NO2/c1-9(2)8-11(13-3)12(14)15-10-6-4-5-7-10/h9-11,13H,4-8H2,1-3H3/t11-/m0/s1. The van der Waals surface area contributed by atoms with Crippen molar-refractivity contribution in [2.75, 3.05) is 7.05 Å². The van der Waals surface area contributed by atoms with Gasteiger partial charge in [-0.05, 0) is 45.1 Å². The second kappa shape index (κ2) is 6.11. The van der Waals surface area contributed by atoms with Gasteiger partial charge in [-0.1, -0.05) is 13.8 Å². The second-order valence-electron chi connectivity index (χ2n) is 4.81. The fourth-order valence-electron chi connectivity index (χ4n) is 2.06.